The second kappa shape index (κ2) is 7.23. The SMILES string of the molecule is Cc1ccc(N2C(=O)[C@H]3C(C(=O)CCN4C(=O)c5ccccc5C4=O)=NN[C@H]3C2=O)cc1. The van der Waals surface area contributed by atoms with Gasteiger partial charge < -0.3 is 0 Å². The largest absolute Gasteiger partial charge is 0.296 e. The number of ketones is 1. The first-order valence-corrected chi connectivity index (χ1v) is 10.1. The lowest BCUT2D eigenvalue weighted by Gasteiger charge is -2.16. The van der Waals surface area contributed by atoms with Crippen molar-refractivity contribution in [2.24, 2.45) is 11.0 Å². The average molecular weight is 430 g/mol. The summed E-state index contributed by atoms with van der Waals surface area (Å²) in [5.74, 6) is -3.44. The number of amides is 4. The van der Waals surface area contributed by atoms with Crippen molar-refractivity contribution >= 4 is 40.8 Å². The second-order valence-electron chi connectivity index (χ2n) is 7.91. The van der Waals surface area contributed by atoms with Crippen LogP contribution in [-0.4, -0.2) is 52.6 Å². The highest BCUT2D eigenvalue weighted by Gasteiger charge is 2.55. The fourth-order valence-electron chi connectivity index (χ4n) is 4.25. The van der Waals surface area contributed by atoms with Gasteiger partial charge in [-0.2, -0.15) is 5.10 Å². The molecule has 9 nitrogen and oxygen atoms in total. The Kier molecular flexibility index (Phi) is 4.47. The number of nitrogens with one attached hydrogen (secondary N) is 1. The molecular weight excluding hydrogens is 412 g/mol. The van der Waals surface area contributed by atoms with Crippen molar-refractivity contribution in [2.45, 2.75) is 19.4 Å². The molecule has 160 valence electrons. The van der Waals surface area contributed by atoms with Crippen LogP contribution in [0.25, 0.3) is 0 Å². The van der Waals surface area contributed by atoms with Crippen LogP contribution in [0.5, 0.6) is 0 Å². The van der Waals surface area contributed by atoms with Crippen LogP contribution < -0.4 is 10.3 Å². The summed E-state index contributed by atoms with van der Waals surface area (Å²) in [5, 5.41) is 3.95. The fourth-order valence-corrected chi connectivity index (χ4v) is 4.25. The molecule has 5 rings (SSSR count). The second-order valence-corrected chi connectivity index (χ2v) is 7.91. The molecule has 2 aromatic rings. The summed E-state index contributed by atoms with van der Waals surface area (Å²) in [4.78, 5) is 65.7. The molecular formula is C23H18N4O5. The number of hydrazone groups is 1. The van der Waals surface area contributed by atoms with Gasteiger partial charge in [0.05, 0.1) is 16.8 Å². The molecule has 0 aliphatic carbocycles. The summed E-state index contributed by atoms with van der Waals surface area (Å²) < 4.78 is 0. The van der Waals surface area contributed by atoms with Gasteiger partial charge in [0.1, 0.15) is 17.7 Å². The summed E-state index contributed by atoms with van der Waals surface area (Å²) in [7, 11) is 0. The molecule has 1 N–H and O–H groups in total. The van der Waals surface area contributed by atoms with Gasteiger partial charge in [-0.25, -0.2) is 4.90 Å². The molecule has 1 saturated heterocycles. The minimum absolute atomic E-state index is 0.0560. The van der Waals surface area contributed by atoms with Crippen molar-refractivity contribution < 1.29 is 24.0 Å². The Balaban J connectivity index is 1.30. The Hall–Kier alpha value is -4.14. The average Bonchev–Trinajstić information content (AvgIpc) is 3.41. The summed E-state index contributed by atoms with van der Waals surface area (Å²) in [6.07, 6.45) is -0.193. The molecule has 0 aromatic heterocycles. The quantitative estimate of drug-likeness (QED) is 0.710. The molecule has 4 amide bonds. The normalized spacial score (nSPS) is 21.6. The van der Waals surface area contributed by atoms with Gasteiger partial charge in [0.25, 0.3) is 17.7 Å². The Morgan fingerprint density at radius 2 is 1.56 bits per heavy atom. The summed E-state index contributed by atoms with van der Waals surface area (Å²) in [6.45, 7) is 1.76. The minimum Gasteiger partial charge on any atom is -0.296 e. The fraction of sp³-hybridized carbons (Fsp3) is 0.217. The number of hydrogen-bond donors (Lipinski definition) is 1. The van der Waals surface area contributed by atoms with Crippen molar-refractivity contribution in [2.75, 3.05) is 11.4 Å². The number of aryl methyl sites for hydroxylation is 1. The highest BCUT2D eigenvalue weighted by Crippen LogP contribution is 2.31. The molecule has 2 aromatic carbocycles. The van der Waals surface area contributed by atoms with Gasteiger partial charge in [-0.15, -0.1) is 0 Å². The maximum Gasteiger partial charge on any atom is 0.261 e. The predicted octanol–water partition coefficient (Wildman–Crippen LogP) is 1.07. The molecule has 1 fully saturated rings. The van der Waals surface area contributed by atoms with E-state index in [-0.39, 0.29) is 18.7 Å². The highest BCUT2D eigenvalue weighted by atomic mass is 16.2. The predicted molar refractivity (Wildman–Crippen MR) is 113 cm³/mol. The maximum atomic E-state index is 13.0. The molecule has 2 atom stereocenters. The number of imide groups is 2. The number of hydrogen-bond acceptors (Lipinski definition) is 7. The Morgan fingerprint density at radius 1 is 0.938 bits per heavy atom. The van der Waals surface area contributed by atoms with Crippen LogP contribution in [0.4, 0.5) is 5.69 Å². The van der Waals surface area contributed by atoms with Gasteiger partial charge in [-0.05, 0) is 31.2 Å². The number of carbonyl (C=O) groups is 5. The van der Waals surface area contributed by atoms with Crippen molar-refractivity contribution in [3.05, 3.63) is 65.2 Å². The van der Waals surface area contributed by atoms with E-state index in [1.807, 2.05) is 6.92 Å². The molecule has 0 bridgehead atoms. The van der Waals surface area contributed by atoms with Crippen molar-refractivity contribution in [3.63, 3.8) is 0 Å². The molecule has 0 unspecified atom stereocenters. The molecule has 0 radical (unpaired) electrons. The van der Waals surface area contributed by atoms with Crippen LogP contribution in [0.2, 0.25) is 0 Å². The number of anilines is 1. The molecule has 0 spiro atoms. The summed E-state index contributed by atoms with van der Waals surface area (Å²) >= 11 is 0. The van der Waals surface area contributed by atoms with E-state index in [1.165, 1.54) is 0 Å². The number of carbonyl (C=O) groups excluding carboxylic acids is 5. The number of fused-ring (bicyclic) bond motifs is 2. The number of nitrogens with zero attached hydrogens (tertiary/aromatic N) is 3. The smallest absolute Gasteiger partial charge is 0.261 e. The zero-order chi connectivity index (χ0) is 22.6. The lowest BCUT2D eigenvalue weighted by molar-refractivity contribution is -0.122. The Morgan fingerprint density at radius 3 is 2.19 bits per heavy atom. The van der Waals surface area contributed by atoms with Gasteiger partial charge in [0.15, 0.2) is 5.78 Å². The van der Waals surface area contributed by atoms with Crippen LogP contribution in [0.1, 0.15) is 32.7 Å². The zero-order valence-corrected chi connectivity index (χ0v) is 17.1. The monoisotopic (exact) mass is 430 g/mol. The minimum atomic E-state index is -1.03. The third kappa shape index (κ3) is 2.85. The van der Waals surface area contributed by atoms with E-state index >= 15 is 0 Å². The first kappa shape index (κ1) is 19.8. The van der Waals surface area contributed by atoms with Crippen molar-refractivity contribution in [1.82, 2.24) is 10.3 Å². The van der Waals surface area contributed by atoms with Crippen LogP contribution in [0, 0.1) is 12.8 Å². The lowest BCUT2D eigenvalue weighted by Crippen LogP contribution is -2.36. The summed E-state index contributed by atoms with van der Waals surface area (Å²) in [6, 6.07) is 12.5. The molecule has 3 aliphatic rings. The number of rotatable bonds is 5. The maximum absolute atomic E-state index is 13.0. The third-order valence-electron chi connectivity index (χ3n) is 5.94. The topological polar surface area (TPSA) is 116 Å². The molecule has 3 heterocycles. The molecule has 32 heavy (non-hydrogen) atoms. The number of benzene rings is 2. The first-order valence-electron chi connectivity index (χ1n) is 10.1. The van der Waals surface area contributed by atoms with Crippen LogP contribution in [0.3, 0.4) is 0 Å². The van der Waals surface area contributed by atoms with E-state index in [0.717, 1.165) is 15.4 Å². The highest BCUT2D eigenvalue weighted by molar-refractivity contribution is 6.48. The van der Waals surface area contributed by atoms with Gasteiger partial charge in [0.2, 0.25) is 5.91 Å². The molecule has 3 aliphatic heterocycles. The van der Waals surface area contributed by atoms with E-state index in [1.54, 1.807) is 48.5 Å². The first-order chi connectivity index (χ1) is 15.4. The zero-order valence-electron chi connectivity index (χ0n) is 17.1. The standard InChI is InChI=1S/C23H18N4O5/c1-12-6-8-13(9-7-12)27-22(31)17-18(24-25-19(17)23(27)32)16(28)10-11-26-20(29)14-4-2-3-5-15(14)21(26)30/h2-9,17,19,25H,10-11H2,1H3/t17-,19+/m0/s1. The van der Waals surface area contributed by atoms with Crippen molar-refractivity contribution in [3.8, 4) is 0 Å². The molecule has 0 saturated carbocycles. The van der Waals surface area contributed by atoms with E-state index in [4.69, 9.17) is 0 Å². The Bertz CT molecular complexity index is 1200. The van der Waals surface area contributed by atoms with Crippen LogP contribution in [0.15, 0.2) is 53.6 Å². The third-order valence-corrected chi connectivity index (χ3v) is 5.94. The summed E-state index contributed by atoms with van der Waals surface area (Å²) in [5.41, 5.74) is 4.57. The van der Waals surface area contributed by atoms with E-state index in [2.05, 4.69) is 10.5 Å². The van der Waals surface area contributed by atoms with Crippen LogP contribution >= 0.6 is 0 Å². The van der Waals surface area contributed by atoms with Crippen molar-refractivity contribution in [1.29, 1.82) is 0 Å². The van der Waals surface area contributed by atoms with Crippen LogP contribution in [-0.2, 0) is 14.4 Å². The Labute approximate surface area is 182 Å². The number of Topliss-reactive ketones (excluding diaryl/α,β-unsaturated/α-hetero) is 1. The van der Waals surface area contributed by atoms with Gasteiger partial charge in [0, 0.05) is 13.0 Å². The molecule has 9 heteroatoms. The lowest BCUT2D eigenvalue weighted by atomic mass is 9.94. The van der Waals surface area contributed by atoms with Gasteiger partial charge in [-0.1, -0.05) is 29.8 Å². The van der Waals surface area contributed by atoms with Gasteiger partial charge >= 0.3 is 0 Å². The van der Waals surface area contributed by atoms with E-state index in [9.17, 15) is 24.0 Å². The van der Waals surface area contributed by atoms with E-state index in [0.29, 0.717) is 16.8 Å². The van der Waals surface area contributed by atoms with Gasteiger partial charge in [-0.3, -0.25) is 34.3 Å². The van der Waals surface area contributed by atoms with E-state index < -0.39 is 41.4 Å².